The second-order valence-electron chi connectivity index (χ2n) is 6.29. The molecule has 2 aromatic rings. The van der Waals surface area contributed by atoms with Crippen molar-refractivity contribution in [1.29, 1.82) is 0 Å². The largest absolute Gasteiger partial charge is 0.469 e. The van der Waals surface area contributed by atoms with E-state index in [1.165, 1.54) is 12.1 Å². The van der Waals surface area contributed by atoms with Crippen LogP contribution in [0.3, 0.4) is 0 Å². The van der Waals surface area contributed by atoms with E-state index in [-0.39, 0.29) is 23.6 Å². The van der Waals surface area contributed by atoms with E-state index in [4.69, 9.17) is 4.42 Å². The maximum absolute atomic E-state index is 13.3. The van der Waals surface area contributed by atoms with Gasteiger partial charge in [0, 0.05) is 24.4 Å². The van der Waals surface area contributed by atoms with Gasteiger partial charge in [-0.05, 0) is 49.1 Å². The van der Waals surface area contributed by atoms with Gasteiger partial charge < -0.3 is 9.32 Å². The van der Waals surface area contributed by atoms with E-state index in [9.17, 15) is 9.18 Å². The lowest BCUT2D eigenvalue weighted by atomic mass is 10.1. The van der Waals surface area contributed by atoms with E-state index < -0.39 is 0 Å². The van der Waals surface area contributed by atoms with E-state index >= 15 is 0 Å². The molecule has 3 nitrogen and oxygen atoms in total. The fourth-order valence-corrected chi connectivity index (χ4v) is 3.10. The van der Waals surface area contributed by atoms with Crippen molar-refractivity contribution < 1.29 is 13.6 Å². The summed E-state index contributed by atoms with van der Waals surface area (Å²) in [7, 11) is 0. The molecule has 22 heavy (non-hydrogen) atoms. The maximum Gasteiger partial charge on any atom is 0.226 e. The number of rotatable bonds is 5. The normalized spacial score (nSPS) is 23.3. The molecule has 1 aromatic carbocycles. The van der Waals surface area contributed by atoms with Crippen molar-refractivity contribution in [3.63, 3.8) is 0 Å². The molecule has 0 unspecified atom stereocenters. The number of halogens is 1. The first-order valence-corrected chi connectivity index (χ1v) is 7.80. The second-order valence-corrected chi connectivity index (χ2v) is 6.29. The SMILES string of the molecule is O=C([C@@H]1C[C@@H]1c1ccco1)N(Cc1cccc(F)c1)C1CC1. The third kappa shape index (κ3) is 2.65. The molecule has 1 aromatic heterocycles. The predicted molar refractivity (Wildman–Crippen MR) is 79.5 cm³/mol. The van der Waals surface area contributed by atoms with Gasteiger partial charge in [0.05, 0.1) is 6.26 Å². The van der Waals surface area contributed by atoms with Crippen LogP contribution >= 0.6 is 0 Å². The molecule has 2 saturated carbocycles. The molecule has 4 heteroatoms. The van der Waals surface area contributed by atoms with Gasteiger partial charge in [-0.3, -0.25) is 4.79 Å². The minimum atomic E-state index is -0.249. The van der Waals surface area contributed by atoms with Crippen LogP contribution in [0.5, 0.6) is 0 Å². The molecule has 0 spiro atoms. The van der Waals surface area contributed by atoms with Crippen molar-refractivity contribution in [2.45, 2.75) is 37.8 Å². The summed E-state index contributed by atoms with van der Waals surface area (Å²) in [6, 6.07) is 10.6. The van der Waals surface area contributed by atoms with Gasteiger partial charge in [0.25, 0.3) is 0 Å². The van der Waals surface area contributed by atoms with Gasteiger partial charge in [0.2, 0.25) is 5.91 Å². The average molecular weight is 299 g/mol. The lowest BCUT2D eigenvalue weighted by Crippen LogP contribution is -2.34. The molecule has 2 fully saturated rings. The topological polar surface area (TPSA) is 33.5 Å². The minimum Gasteiger partial charge on any atom is -0.469 e. The van der Waals surface area contributed by atoms with Gasteiger partial charge in [0.1, 0.15) is 11.6 Å². The zero-order chi connectivity index (χ0) is 15.1. The zero-order valence-corrected chi connectivity index (χ0v) is 12.2. The van der Waals surface area contributed by atoms with E-state index in [0.29, 0.717) is 12.6 Å². The van der Waals surface area contributed by atoms with Crippen molar-refractivity contribution in [1.82, 2.24) is 4.90 Å². The summed E-state index contributed by atoms with van der Waals surface area (Å²) in [6.07, 6.45) is 4.62. The van der Waals surface area contributed by atoms with Crippen LogP contribution in [0.15, 0.2) is 47.1 Å². The van der Waals surface area contributed by atoms with E-state index in [1.54, 1.807) is 12.3 Å². The highest BCUT2D eigenvalue weighted by molar-refractivity contribution is 5.83. The summed E-state index contributed by atoms with van der Waals surface area (Å²) in [5.41, 5.74) is 0.857. The molecular weight excluding hydrogens is 281 g/mol. The fraction of sp³-hybridized carbons (Fsp3) is 0.389. The fourth-order valence-electron chi connectivity index (χ4n) is 3.10. The first kappa shape index (κ1) is 13.6. The Balaban J connectivity index is 1.47. The molecule has 1 heterocycles. The van der Waals surface area contributed by atoms with Gasteiger partial charge in [0.15, 0.2) is 0 Å². The molecule has 0 N–H and O–H groups in total. The number of amides is 1. The molecule has 0 bridgehead atoms. The molecule has 114 valence electrons. The van der Waals surface area contributed by atoms with Gasteiger partial charge in [-0.2, -0.15) is 0 Å². The summed E-state index contributed by atoms with van der Waals surface area (Å²) < 4.78 is 18.7. The van der Waals surface area contributed by atoms with Crippen molar-refractivity contribution in [3.8, 4) is 0 Å². The molecule has 0 aliphatic heterocycles. The highest BCUT2D eigenvalue weighted by Crippen LogP contribution is 2.49. The molecular formula is C18H18FNO2. The molecule has 4 rings (SSSR count). The second kappa shape index (κ2) is 5.27. The van der Waals surface area contributed by atoms with Crippen molar-refractivity contribution in [2.24, 2.45) is 5.92 Å². The molecule has 0 saturated heterocycles. The van der Waals surface area contributed by atoms with Crippen molar-refractivity contribution in [2.75, 3.05) is 0 Å². The van der Waals surface area contributed by atoms with E-state index in [1.807, 2.05) is 23.1 Å². The number of nitrogens with zero attached hydrogens (tertiary/aromatic N) is 1. The summed E-state index contributed by atoms with van der Waals surface area (Å²) in [5.74, 6) is 1.09. The van der Waals surface area contributed by atoms with Gasteiger partial charge in [-0.15, -0.1) is 0 Å². The Morgan fingerprint density at radius 1 is 1.27 bits per heavy atom. The Hall–Kier alpha value is -2.10. The summed E-state index contributed by atoms with van der Waals surface area (Å²) in [6.45, 7) is 0.503. The average Bonchev–Trinajstić information content (AvgIpc) is 3.44. The Morgan fingerprint density at radius 3 is 2.82 bits per heavy atom. The van der Waals surface area contributed by atoms with Crippen LogP contribution < -0.4 is 0 Å². The van der Waals surface area contributed by atoms with Crippen LogP contribution in [-0.2, 0) is 11.3 Å². The summed E-state index contributed by atoms with van der Waals surface area (Å²) >= 11 is 0. The molecule has 2 aliphatic rings. The molecule has 2 atom stereocenters. The molecule has 1 amide bonds. The van der Waals surface area contributed by atoms with Crippen LogP contribution in [-0.4, -0.2) is 16.8 Å². The van der Waals surface area contributed by atoms with Crippen LogP contribution in [0.25, 0.3) is 0 Å². The lowest BCUT2D eigenvalue weighted by Gasteiger charge is -2.23. The number of benzene rings is 1. The van der Waals surface area contributed by atoms with Crippen molar-refractivity contribution in [3.05, 3.63) is 59.8 Å². The zero-order valence-electron chi connectivity index (χ0n) is 12.2. The first-order chi connectivity index (χ1) is 10.7. The van der Waals surface area contributed by atoms with Crippen LogP contribution in [0, 0.1) is 11.7 Å². The third-order valence-corrected chi connectivity index (χ3v) is 4.53. The van der Waals surface area contributed by atoms with Gasteiger partial charge >= 0.3 is 0 Å². The Kier molecular flexibility index (Phi) is 3.25. The Morgan fingerprint density at radius 2 is 2.14 bits per heavy atom. The summed E-state index contributed by atoms with van der Waals surface area (Å²) in [4.78, 5) is 14.7. The van der Waals surface area contributed by atoms with E-state index in [0.717, 1.165) is 30.6 Å². The van der Waals surface area contributed by atoms with E-state index in [2.05, 4.69) is 0 Å². The summed E-state index contributed by atoms with van der Waals surface area (Å²) in [5, 5.41) is 0. The monoisotopic (exact) mass is 299 g/mol. The smallest absolute Gasteiger partial charge is 0.226 e. The third-order valence-electron chi connectivity index (χ3n) is 4.53. The number of carbonyl (C=O) groups excluding carboxylic acids is 1. The number of carbonyl (C=O) groups is 1. The maximum atomic E-state index is 13.3. The minimum absolute atomic E-state index is 0.0281. The molecule has 2 aliphatic carbocycles. The molecule has 0 radical (unpaired) electrons. The predicted octanol–water partition coefficient (Wildman–Crippen LogP) is 3.71. The van der Waals surface area contributed by atoms with Crippen LogP contribution in [0.1, 0.15) is 36.5 Å². The van der Waals surface area contributed by atoms with Gasteiger partial charge in [-0.1, -0.05) is 12.1 Å². The quantitative estimate of drug-likeness (QED) is 0.843. The lowest BCUT2D eigenvalue weighted by molar-refractivity contribution is -0.134. The van der Waals surface area contributed by atoms with Crippen molar-refractivity contribution >= 4 is 5.91 Å². The Labute approximate surface area is 128 Å². The van der Waals surface area contributed by atoms with Crippen LogP contribution in [0.4, 0.5) is 4.39 Å². The highest BCUT2D eigenvalue weighted by atomic mass is 19.1. The van der Waals surface area contributed by atoms with Crippen LogP contribution in [0.2, 0.25) is 0 Å². The number of hydrogen-bond donors (Lipinski definition) is 0. The number of furan rings is 1. The van der Waals surface area contributed by atoms with Gasteiger partial charge in [-0.25, -0.2) is 4.39 Å². The first-order valence-electron chi connectivity index (χ1n) is 7.80. The standard InChI is InChI=1S/C18H18FNO2/c19-13-4-1-3-12(9-13)11-20(14-6-7-14)18(21)16-10-15(16)17-5-2-8-22-17/h1-5,8-9,14-16H,6-7,10-11H2/t15-,16+/m0/s1. The number of hydrogen-bond acceptors (Lipinski definition) is 2. The Bertz CT molecular complexity index is 678. The highest BCUT2D eigenvalue weighted by Gasteiger charge is 2.49.